The van der Waals surface area contributed by atoms with Crippen molar-refractivity contribution in [2.45, 2.75) is 18.5 Å². The van der Waals surface area contributed by atoms with Gasteiger partial charge < -0.3 is 9.88 Å². The Morgan fingerprint density at radius 2 is 1.93 bits per heavy atom. The summed E-state index contributed by atoms with van der Waals surface area (Å²) < 4.78 is 1.85. The summed E-state index contributed by atoms with van der Waals surface area (Å²) in [7, 11) is 1.85. The molecule has 0 bridgehead atoms. The summed E-state index contributed by atoms with van der Waals surface area (Å²) >= 11 is 1.23. The lowest BCUT2D eigenvalue weighted by Gasteiger charge is -2.08. The van der Waals surface area contributed by atoms with E-state index in [2.05, 4.69) is 15.5 Å². The topological polar surface area (TPSA) is 103 Å². The molecule has 0 saturated heterocycles. The molecule has 0 saturated carbocycles. The van der Waals surface area contributed by atoms with Crippen LogP contribution in [0.2, 0.25) is 0 Å². The Balaban J connectivity index is 1.64. The van der Waals surface area contributed by atoms with Crippen molar-refractivity contribution in [3.8, 4) is 0 Å². The molecule has 0 unspecified atom stereocenters. The minimum absolute atomic E-state index is 0.0722. The molecular weight excluding hydrogens is 378 g/mol. The van der Waals surface area contributed by atoms with Crippen molar-refractivity contribution in [3.05, 3.63) is 75.6 Å². The Labute approximate surface area is 166 Å². The summed E-state index contributed by atoms with van der Waals surface area (Å²) in [5.41, 5.74) is 1.86. The number of nitro groups is 1. The zero-order valence-electron chi connectivity index (χ0n) is 15.5. The van der Waals surface area contributed by atoms with Gasteiger partial charge in [-0.05, 0) is 18.1 Å². The number of nitro benzene ring substituents is 1. The first kappa shape index (κ1) is 19.6. The van der Waals surface area contributed by atoms with Crippen molar-refractivity contribution in [2.24, 2.45) is 7.05 Å². The number of aryl methyl sites for hydroxylation is 1. The van der Waals surface area contributed by atoms with Gasteiger partial charge in [-0.3, -0.25) is 14.9 Å². The second-order valence-corrected chi connectivity index (χ2v) is 7.13. The largest absolute Gasteiger partial charge is 0.319 e. The van der Waals surface area contributed by atoms with Gasteiger partial charge in [0.25, 0.3) is 5.69 Å². The molecule has 1 amide bonds. The fourth-order valence-electron chi connectivity index (χ4n) is 2.68. The lowest BCUT2D eigenvalue weighted by atomic mass is 10.1. The SMILES string of the molecule is Cc1cccc([N+](=O)[O-])c1NC(=O)CSc1nnc(Cc2ccccc2)n1C. The predicted molar refractivity (Wildman–Crippen MR) is 107 cm³/mol. The molecule has 1 aromatic heterocycles. The van der Waals surface area contributed by atoms with Crippen molar-refractivity contribution in [3.63, 3.8) is 0 Å². The lowest BCUT2D eigenvalue weighted by Crippen LogP contribution is -2.16. The van der Waals surface area contributed by atoms with Crippen molar-refractivity contribution in [1.82, 2.24) is 14.8 Å². The van der Waals surface area contributed by atoms with Gasteiger partial charge in [-0.2, -0.15) is 0 Å². The van der Waals surface area contributed by atoms with Crippen LogP contribution < -0.4 is 5.32 Å². The molecule has 28 heavy (non-hydrogen) atoms. The number of nitrogens with zero attached hydrogens (tertiary/aromatic N) is 4. The Bertz CT molecular complexity index is 1000. The molecule has 1 N–H and O–H groups in total. The zero-order chi connectivity index (χ0) is 20.1. The van der Waals surface area contributed by atoms with E-state index in [1.807, 2.05) is 41.9 Å². The van der Waals surface area contributed by atoms with Crippen LogP contribution in [0.1, 0.15) is 17.0 Å². The minimum atomic E-state index is -0.506. The van der Waals surface area contributed by atoms with Gasteiger partial charge in [-0.25, -0.2) is 0 Å². The van der Waals surface area contributed by atoms with E-state index in [4.69, 9.17) is 0 Å². The van der Waals surface area contributed by atoms with E-state index >= 15 is 0 Å². The molecule has 1 heterocycles. The molecule has 2 aromatic carbocycles. The molecule has 0 radical (unpaired) electrons. The van der Waals surface area contributed by atoms with Crippen LogP contribution in [-0.2, 0) is 18.3 Å². The van der Waals surface area contributed by atoms with Gasteiger partial charge >= 0.3 is 0 Å². The van der Waals surface area contributed by atoms with Crippen LogP contribution in [0.3, 0.4) is 0 Å². The van der Waals surface area contributed by atoms with Crippen molar-refractivity contribution in [2.75, 3.05) is 11.1 Å². The summed E-state index contributed by atoms with van der Waals surface area (Å²) in [6.45, 7) is 1.72. The maximum Gasteiger partial charge on any atom is 0.293 e. The number of amides is 1. The van der Waals surface area contributed by atoms with E-state index in [-0.39, 0.29) is 23.0 Å². The zero-order valence-corrected chi connectivity index (χ0v) is 16.3. The van der Waals surface area contributed by atoms with E-state index in [0.717, 1.165) is 11.4 Å². The number of nitrogens with one attached hydrogen (secondary N) is 1. The quantitative estimate of drug-likeness (QED) is 0.373. The number of anilines is 1. The monoisotopic (exact) mass is 397 g/mol. The molecule has 0 atom stereocenters. The van der Waals surface area contributed by atoms with Crippen LogP contribution in [0.5, 0.6) is 0 Å². The molecule has 3 rings (SSSR count). The van der Waals surface area contributed by atoms with Crippen LogP contribution in [0.15, 0.2) is 53.7 Å². The predicted octanol–water partition coefficient (Wildman–Crippen LogP) is 3.35. The maximum atomic E-state index is 12.3. The average Bonchev–Trinajstić information content (AvgIpc) is 3.02. The van der Waals surface area contributed by atoms with E-state index in [0.29, 0.717) is 17.1 Å². The number of aromatic nitrogens is 3. The van der Waals surface area contributed by atoms with Crippen molar-refractivity contribution >= 4 is 29.0 Å². The lowest BCUT2D eigenvalue weighted by molar-refractivity contribution is -0.384. The molecule has 0 fully saturated rings. The highest BCUT2D eigenvalue weighted by Gasteiger charge is 2.18. The van der Waals surface area contributed by atoms with Gasteiger partial charge in [0.2, 0.25) is 5.91 Å². The number of benzene rings is 2. The number of hydrogen-bond donors (Lipinski definition) is 1. The number of para-hydroxylation sites is 1. The smallest absolute Gasteiger partial charge is 0.293 e. The number of rotatable bonds is 7. The van der Waals surface area contributed by atoms with Gasteiger partial charge in [-0.1, -0.05) is 54.2 Å². The molecule has 3 aromatic rings. The Kier molecular flexibility index (Phi) is 6.05. The highest BCUT2D eigenvalue weighted by molar-refractivity contribution is 7.99. The van der Waals surface area contributed by atoms with Crippen LogP contribution in [-0.4, -0.2) is 31.3 Å². The first-order valence-electron chi connectivity index (χ1n) is 8.54. The van der Waals surface area contributed by atoms with Crippen molar-refractivity contribution < 1.29 is 9.72 Å². The average molecular weight is 397 g/mol. The van der Waals surface area contributed by atoms with Gasteiger partial charge in [0.1, 0.15) is 11.5 Å². The number of thioether (sulfide) groups is 1. The van der Waals surface area contributed by atoms with Crippen molar-refractivity contribution in [1.29, 1.82) is 0 Å². The molecule has 0 spiro atoms. The number of hydrogen-bond acceptors (Lipinski definition) is 6. The molecular formula is C19H19N5O3S. The maximum absolute atomic E-state index is 12.3. The summed E-state index contributed by atoms with van der Waals surface area (Å²) in [5, 5.41) is 22.7. The van der Waals surface area contributed by atoms with Crippen LogP contribution in [0.4, 0.5) is 11.4 Å². The van der Waals surface area contributed by atoms with E-state index in [1.54, 1.807) is 19.1 Å². The molecule has 0 aliphatic carbocycles. The van der Waals surface area contributed by atoms with E-state index in [1.165, 1.54) is 17.8 Å². The standard InChI is InChI=1S/C19H19N5O3S/c1-13-7-6-10-15(24(26)27)18(13)20-17(25)12-28-19-22-21-16(23(19)2)11-14-8-4-3-5-9-14/h3-10H,11-12H2,1-2H3,(H,20,25). The highest BCUT2D eigenvalue weighted by atomic mass is 32.2. The fourth-order valence-corrected chi connectivity index (χ4v) is 3.41. The Morgan fingerprint density at radius 3 is 2.64 bits per heavy atom. The second-order valence-electron chi connectivity index (χ2n) is 6.18. The highest BCUT2D eigenvalue weighted by Crippen LogP contribution is 2.28. The third-order valence-corrected chi connectivity index (χ3v) is 5.19. The Hall–Kier alpha value is -3.20. The number of carbonyl (C=O) groups is 1. The second kappa shape index (κ2) is 8.66. The first-order chi connectivity index (χ1) is 13.5. The normalized spacial score (nSPS) is 10.6. The minimum Gasteiger partial charge on any atom is -0.319 e. The van der Waals surface area contributed by atoms with Crippen LogP contribution >= 0.6 is 11.8 Å². The van der Waals surface area contributed by atoms with E-state index < -0.39 is 4.92 Å². The van der Waals surface area contributed by atoms with Crippen LogP contribution in [0.25, 0.3) is 0 Å². The molecule has 9 heteroatoms. The van der Waals surface area contributed by atoms with Gasteiger partial charge in [0.05, 0.1) is 10.7 Å². The first-order valence-corrected chi connectivity index (χ1v) is 9.53. The molecule has 0 aliphatic rings. The molecule has 8 nitrogen and oxygen atoms in total. The Morgan fingerprint density at radius 1 is 1.18 bits per heavy atom. The summed E-state index contributed by atoms with van der Waals surface area (Å²) in [5.74, 6) is 0.529. The van der Waals surface area contributed by atoms with Gasteiger partial charge in [-0.15, -0.1) is 10.2 Å². The van der Waals surface area contributed by atoms with Gasteiger partial charge in [0.15, 0.2) is 5.16 Å². The molecule has 0 aliphatic heterocycles. The van der Waals surface area contributed by atoms with Crippen LogP contribution in [0, 0.1) is 17.0 Å². The molecule has 144 valence electrons. The third kappa shape index (κ3) is 4.55. The van der Waals surface area contributed by atoms with Gasteiger partial charge in [0, 0.05) is 19.5 Å². The number of carbonyl (C=O) groups excluding carboxylic acids is 1. The summed E-state index contributed by atoms with van der Waals surface area (Å²) in [6.07, 6.45) is 0.645. The summed E-state index contributed by atoms with van der Waals surface area (Å²) in [4.78, 5) is 23.0. The third-order valence-electron chi connectivity index (χ3n) is 4.17. The summed E-state index contributed by atoms with van der Waals surface area (Å²) in [6, 6.07) is 14.6. The van der Waals surface area contributed by atoms with E-state index in [9.17, 15) is 14.9 Å². The fraction of sp³-hybridized carbons (Fsp3) is 0.211.